The Morgan fingerprint density at radius 1 is 1.03 bits per heavy atom. The molecule has 0 unspecified atom stereocenters. The minimum absolute atomic E-state index is 0.0965. The molecule has 36 heavy (non-hydrogen) atoms. The third kappa shape index (κ3) is 8.52. The van der Waals surface area contributed by atoms with Crippen molar-refractivity contribution in [3.8, 4) is 0 Å². The van der Waals surface area contributed by atoms with Gasteiger partial charge in [-0.1, -0.05) is 61.3 Å². The number of hydrogen-bond donors (Lipinski definition) is 1. The molecule has 2 aromatic rings. The van der Waals surface area contributed by atoms with Crippen LogP contribution in [0.5, 0.6) is 0 Å². The number of amides is 2. The lowest BCUT2D eigenvalue weighted by Crippen LogP contribution is -2.48. The topological polar surface area (TPSA) is 86.8 Å². The van der Waals surface area contributed by atoms with Gasteiger partial charge in [0.1, 0.15) is 6.04 Å². The molecule has 198 valence electrons. The fourth-order valence-corrected chi connectivity index (χ4v) is 4.96. The largest absolute Gasteiger partial charge is 0.354 e. The third-order valence-electron chi connectivity index (χ3n) is 5.99. The first-order chi connectivity index (χ1) is 16.8. The summed E-state index contributed by atoms with van der Waals surface area (Å²) in [6.07, 6.45) is 1.53. The van der Waals surface area contributed by atoms with E-state index in [0.29, 0.717) is 41.7 Å². The van der Waals surface area contributed by atoms with Crippen molar-refractivity contribution >= 4 is 39.1 Å². The number of halogens is 1. The lowest BCUT2D eigenvalue weighted by Gasteiger charge is -2.30. The first-order valence-corrected chi connectivity index (χ1v) is 14.4. The summed E-state index contributed by atoms with van der Waals surface area (Å²) in [7, 11) is -3.59. The first kappa shape index (κ1) is 29.6. The normalized spacial score (nSPS) is 12.3. The molecule has 0 saturated heterocycles. The molecule has 2 amide bonds. The summed E-state index contributed by atoms with van der Waals surface area (Å²) in [6, 6.07) is 12.3. The van der Waals surface area contributed by atoms with Crippen LogP contribution >= 0.6 is 11.6 Å². The summed E-state index contributed by atoms with van der Waals surface area (Å²) in [5.41, 5.74) is 3.18. The Morgan fingerprint density at radius 3 is 2.25 bits per heavy atom. The zero-order valence-corrected chi connectivity index (χ0v) is 23.6. The van der Waals surface area contributed by atoms with E-state index < -0.39 is 16.1 Å². The average Bonchev–Trinajstić information content (AvgIpc) is 2.80. The average molecular weight is 536 g/mol. The number of nitrogens with zero attached hydrogens (tertiary/aromatic N) is 2. The van der Waals surface area contributed by atoms with Gasteiger partial charge in [0.25, 0.3) is 0 Å². The molecule has 2 aromatic carbocycles. The molecule has 1 atom stereocenters. The van der Waals surface area contributed by atoms with Gasteiger partial charge in [-0.05, 0) is 56.4 Å². The van der Waals surface area contributed by atoms with Crippen molar-refractivity contribution in [2.24, 2.45) is 5.92 Å². The molecule has 0 aliphatic rings. The van der Waals surface area contributed by atoms with Gasteiger partial charge in [0.2, 0.25) is 21.8 Å². The van der Waals surface area contributed by atoms with Gasteiger partial charge >= 0.3 is 0 Å². The van der Waals surface area contributed by atoms with Crippen molar-refractivity contribution < 1.29 is 18.0 Å². The van der Waals surface area contributed by atoms with Crippen molar-refractivity contribution in [2.45, 2.75) is 60.0 Å². The van der Waals surface area contributed by atoms with Gasteiger partial charge in [0.05, 0.1) is 11.9 Å². The smallest absolute Gasteiger partial charge is 0.242 e. The fourth-order valence-electron chi connectivity index (χ4n) is 3.77. The highest BCUT2D eigenvalue weighted by Crippen LogP contribution is 2.28. The number of hydrogen-bond acceptors (Lipinski definition) is 4. The molecule has 1 N–H and O–H groups in total. The van der Waals surface area contributed by atoms with Gasteiger partial charge in [-0.15, -0.1) is 0 Å². The number of nitrogens with one attached hydrogen (secondary N) is 1. The predicted octanol–water partition coefficient (Wildman–Crippen LogP) is 4.69. The second kappa shape index (κ2) is 13.1. The Balaban J connectivity index is 2.19. The van der Waals surface area contributed by atoms with E-state index >= 15 is 0 Å². The van der Waals surface area contributed by atoms with Crippen LogP contribution in [0.15, 0.2) is 42.5 Å². The molecule has 9 heteroatoms. The number of anilines is 1. The molecular weight excluding hydrogens is 498 g/mol. The van der Waals surface area contributed by atoms with Gasteiger partial charge < -0.3 is 10.2 Å². The highest BCUT2D eigenvalue weighted by Gasteiger charge is 2.27. The lowest BCUT2D eigenvalue weighted by molar-refractivity contribution is -0.140. The molecule has 7 nitrogen and oxygen atoms in total. The van der Waals surface area contributed by atoms with Crippen LogP contribution < -0.4 is 9.62 Å². The maximum atomic E-state index is 13.3. The van der Waals surface area contributed by atoms with Gasteiger partial charge in [0.15, 0.2) is 0 Å². The summed E-state index contributed by atoms with van der Waals surface area (Å²) in [4.78, 5) is 27.7. The van der Waals surface area contributed by atoms with E-state index in [1.54, 1.807) is 36.9 Å². The SMILES string of the molecule is Cc1ccc(CN(C(=O)CCCN(c2cccc(Cl)c2C)S(C)(=O)=O)[C@H](C)C(=O)NCC(C)C)cc1. The zero-order valence-electron chi connectivity index (χ0n) is 22.0. The minimum Gasteiger partial charge on any atom is -0.354 e. The van der Waals surface area contributed by atoms with Crippen molar-refractivity contribution in [1.82, 2.24) is 10.2 Å². The third-order valence-corrected chi connectivity index (χ3v) is 7.57. The number of sulfonamides is 1. The standard InChI is InChI=1S/C27H38ClN3O4S/c1-19(2)17-29-27(33)22(5)30(18-23-14-12-20(3)13-15-23)26(32)11-8-16-31(36(6,34)35)25-10-7-9-24(28)21(25)4/h7,9-10,12-15,19,22H,8,11,16-18H2,1-6H3,(H,29,33)/t22-/m1/s1. The molecule has 0 heterocycles. The number of carbonyl (C=O) groups is 2. The molecule has 0 radical (unpaired) electrons. The van der Waals surface area contributed by atoms with E-state index in [4.69, 9.17) is 11.6 Å². The molecule has 0 aromatic heterocycles. The van der Waals surface area contributed by atoms with Gasteiger partial charge in [-0.25, -0.2) is 8.42 Å². The van der Waals surface area contributed by atoms with Crippen LogP contribution in [0.1, 0.15) is 50.3 Å². The van der Waals surface area contributed by atoms with Crippen molar-refractivity contribution in [3.05, 3.63) is 64.2 Å². The van der Waals surface area contributed by atoms with E-state index in [2.05, 4.69) is 5.32 Å². The molecular formula is C27H38ClN3O4S. The molecule has 0 spiro atoms. The second-order valence-electron chi connectivity index (χ2n) is 9.64. The molecule has 0 aliphatic heterocycles. The number of aryl methyl sites for hydroxylation is 1. The number of rotatable bonds is 12. The molecule has 0 bridgehead atoms. The van der Waals surface area contributed by atoms with Crippen LogP contribution in [0.25, 0.3) is 0 Å². The fraction of sp³-hybridized carbons (Fsp3) is 0.481. The molecule has 2 rings (SSSR count). The van der Waals surface area contributed by atoms with Crippen LogP contribution in [0.3, 0.4) is 0 Å². The molecule has 0 saturated carbocycles. The number of benzene rings is 2. The summed E-state index contributed by atoms with van der Waals surface area (Å²) >= 11 is 6.21. The van der Waals surface area contributed by atoms with Crippen LogP contribution in [-0.4, -0.2) is 50.5 Å². The van der Waals surface area contributed by atoms with E-state index in [9.17, 15) is 18.0 Å². The zero-order chi connectivity index (χ0) is 27.0. The number of carbonyl (C=O) groups excluding carboxylic acids is 2. The van der Waals surface area contributed by atoms with Crippen LogP contribution in [-0.2, 0) is 26.2 Å². The van der Waals surface area contributed by atoms with Crippen LogP contribution in [0.4, 0.5) is 5.69 Å². The molecule has 0 aliphatic carbocycles. The van der Waals surface area contributed by atoms with E-state index in [0.717, 1.165) is 17.4 Å². The molecule has 0 fully saturated rings. The monoisotopic (exact) mass is 535 g/mol. The highest BCUT2D eigenvalue weighted by molar-refractivity contribution is 7.92. The van der Waals surface area contributed by atoms with E-state index in [1.165, 1.54) is 4.31 Å². The Morgan fingerprint density at radius 2 is 1.67 bits per heavy atom. The highest BCUT2D eigenvalue weighted by atomic mass is 35.5. The minimum atomic E-state index is -3.59. The Bertz CT molecular complexity index is 1150. The van der Waals surface area contributed by atoms with Crippen LogP contribution in [0, 0.1) is 19.8 Å². The van der Waals surface area contributed by atoms with Crippen molar-refractivity contribution in [1.29, 1.82) is 0 Å². The predicted molar refractivity (Wildman–Crippen MR) is 147 cm³/mol. The maximum absolute atomic E-state index is 13.3. The summed E-state index contributed by atoms with van der Waals surface area (Å²) in [5.74, 6) is -0.130. The van der Waals surface area contributed by atoms with Crippen LogP contribution in [0.2, 0.25) is 5.02 Å². The lowest BCUT2D eigenvalue weighted by atomic mass is 10.1. The Kier molecular flexibility index (Phi) is 10.8. The second-order valence-corrected chi connectivity index (χ2v) is 12.0. The summed E-state index contributed by atoms with van der Waals surface area (Å²) < 4.78 is 26.3. The van der Waals surface area contributed by atoms with Gasteiger partial charge in [0, 0.05) is 31.1 Å². The summed E-state index contributed by atoms with van der Waals surface area (Å²) in [5, 5.41) is 3.38. The van der Waals surface area contributed by atoms with Crippen molar-refractivity contribution in [3.63, 3.8) is 0 Å². The maximum Gasteiger partial charge on any atom is 0.242 e. The first-order valence-electron chi connectivity index (χ1n) is 12.2. The Hall–Kier alpha value is -2.58. The van der Waals surface area contributed by atoms with Gasteiger partial charge in [-0.2, -0.15) is 0 Å². The quantitative estimate of drug-likeness (QED) is 0.427. The summed E-state index contributed by atoms with van der Waals surface area (Å²) in [6.45, 7) is 10.4. The van der Waals surface area contributed by atoms with Crippen molar-refractivity contribution in [2.75, 3.05) is 23.7 Å². The van der Waals surface area contributed by atoms with E-state index in [-0.39, 0.29) is 24.8 Å². The van der Waals surface area contributed by atoms with E-state index in [1.807, 2.05) is 45.0 Å². The Labute approximate surface area is 220 Å². The van der Waals surface area contributed by atoms with Gasteiger partial charge in [-0.3, -0.25) is 13.9 Å².